The maximum atomic E-state index is 12.7. The van der Waals surface area contributed by atoms with Crippen LogP contribution in [-0.4, -0.2) is 60.6 Å². The van der Waals surface area contributed by atoms with Crippen molar-refractivity contribution in [1.29, 1.82) is 0 Å². The second-order valence-electron chi connectivity index (χ2n) is 9.49. The minimum Gasteiger partial charge on any atom is -0.493 e. The third kappa shape index (κ3) is 6.08. The lowest BCUT2D eigenvalue weighted by molar-refractivity contribution is 0.0468. The molecule has 39 heavy (non-hydrogen) atoms. The van der Waals surface area contributed by atoms with Gasteiger partial charge in [0.25, 0.3) is 0 Å². The van der Waals surface area contributed by atoms with Crippen LogP contribution in [0.3, 0.4) is 0 Å². The van der Waals surface area contributed by atoms with Crippen LogP contribution in [0.15, 0.2) is 88.9 Å². The molecule has 202 valence electrons. The Kier molecular flexibility index (Phi) is 8.89. The summed E-state index contributed by atoms with van der Waals surface area (Å²) in [4.78, 5) is 6.30. The first-order valence-corrected chi connectivity index (χ1v) is 13.1. The Bertz CT molecular complexity index is 1490. The highest BCUT2D eigenvalue weighted by Gasteiger charge is 2.45. The Hall–Kier alpha value is -3.47. The van der Waals surface area contributed by atoms with Gasteiger partial charge in [0.05, 0.1) is 20.1 Å². The van der Waals surface area contributed by atoms with E-state index in [1.807, 2.05) is 49.3 Å². The summed E-state index contributed by atoms with van der Waals surface area (Å²) >= 11 is 12.5. The Labute approximate surface area is 238 Å². The fraction of sp³-hybridized carbons (Fsp3) is 0.258. The highest BCUT2D eigenvalue weighted by atomic mass is 35.5. The van der Waals surface area contributed by atoms with Crippen molar-refractivity contribution in [3.63, 3.8) is 0 Å². The third-order valence-corrected chi connectivity index (χ3v) is 7.18. The van der Waals surface area contributed by atoms with Crippen LogP contribution in [-0.2, 0) is 0 Å². The molecule has 1 heterocycles. The molecule has 3 aromatic rings. The standard InChI is InChI=1S/C31H30Cl2N2O4/c1-35(2)16-15-31(37,22-7-5-8-24(33)18-22)28(25-9-6-10-27(38-3)29(25)39-4)26-17-21(19-34-30(26)36)20-11-13-23(32)14-12-20/h6,8-14,17-19,28,37H,15-16H2,1-4H3,(H,34,36). The van der Waals surface area contributed by atoms with E-state index in [0.29, 0.717) is 44.8 Å². The van der Waals surface area contributed by atoms with Crippen molar-refractivity contribution in [3.8, 4) is 28.5 Å². The highest BCUT2D eigenvalue weighted by Crippen LogP contribution is 2.50. The first kappa shape index (κ1) is 28.5. The fourth-order valence-corrected chi connectivity index (χ4v) is 5.06. The fourth-order valence-electron chi connectivity index (χ4n) is 4.77. The summed E-state index contributed by atoms with van der Waals surface area (Å²) in [5.74, 6) is -0.185. The van der Waals surface area contributed by atoms with Gasteiger partial charge in [0.2, 0.25) is 5.88 Å². The van der Waals surface area contributed by atoms with Crippen LogP contribution >= 0.6 is 23.2 Å². The zero-order chi connectivity index (χ0) is 28.2. The topological polar surface area (TPSA) is 75.0 Å². The average Bonchev–Trinajstić information content (AvgIpc) is 2.93. The van der Waals surface area contributed by atoms with Crippen molar-refractivity contribution >= 4 is 23.2 Å². The molecule has 0 fully saturated rings. The molecule has 0 bridgehead atoms. The van der Waals surface area contributed by atoms with Crippen molar-refractivity contribution in [2.45, 2.75) is 17.9 Å². The number of aromatic nitrogens is 1. The number of nitrogens with zero attached hydrogens (tertiary/aromatic N) is 2. The van der Waals surface area contributed by atoms with E-state index < -0.39 is 11.5 Å². The predicted octanol–water partition coefficient (Wildman–Crippen LogP) is 6.31. The molecular weight excluding hydrogens is 535 g/mol. The molecule has 0 saturated heterocycles. The van der Waals surface area contributed by atoms with Crippen molar-refractivity contribution in [1.82, 2.24) is 9.88 Å². The largest absolute Gasteiger partial charge is 0.493 e. The van der Waals surface area contributed by atoms with E-state index in [1.54, 1.807) is 50.8 Å². The molecule has 1 aromatic heterocycles. The Balaban J connectivity index is 2.05. The molecule has 0 radical (unpaired) electrons. The lowest BCUT2D eigenvalue weighted by atomic mass is 9.70. The van der Waals surface area contributed by atoms with E-state index in [1.165, 1.54) is 0 Å². The maximum absolute atomic E-state index is 12.7. The van der Waals surface area contributed by atoms with Gasteiger partial charge in [-0.05, 0) is 56.4 Å². The van der Waals surface area contributed by atoms with Gasteiger partial charge >= 0.3 is 0 Å². The van der Waals surface area contributed by atoms with Crippen LogP contribution < -0.4 is 9.47 Å². The number of hydrogen-bond donors (Lipinski definition) is 2. The lowest BCUT2D eigenvalue weighted by Gasteiger charge is -2.39. The summed E-state index contributed by atoms with van der Waals surface area (Å²) in [6, 6.07) is 14.6. The van der Waals surface area contributed by atoms with E-state index in [9.17, 15) is 10.2 Å². The second-order valence-corrected chi connectivity index (χ2v) is 10.4. The number of halogens is 2. The molecule has 6 nitrogen and oxygen atoms in total. The molecule has 2 aromatic carbocycles. The van der Waals surface area contributed by atoms with E-state index >= 15 is 0 Å². The van der Waals surface area contributed by atoms with Crippen LogP contribution in [0, 0.1) is 0 Å². The molecule has 1 aliphatic carbocycles. The molecule has 2 N–H and O–H groups in total. The van der Waals surface area contributed by atoms with Gasteiger partial charge in [-0.15, -0.1) is 0 Å². The summed E-state index contributed by atoms with van der Waals surface area (Å²) in [5, 5.41) is 25.0. The van der Waals surface area contributed by atoms with E-state index in [2.05, 4.69) is 16.4 Å². The number of para-hydroxylation sites is 1. The minimum atomic E-state index is -1.62. The molecule has 0 amide bonds. The molecule has 0 spiro atoms. The Morgan fingerprint density at radius 3 is 2.41 bits per heavy atom. The number of aliphatic hydroxyl groups is 1. The number of hydrogen-bond acceptors (Lipinski definition) is 6. The van der Waals surface area contributed by atoms with Crippen molar-refractivity contribution in [2.24, 2.45) is 0 Å². The van der Waals surface area contributed by atoms with Gasteiger partial charge in [0.15, 0.2) is 11.5 Å². The van der Waals surface area contributed by atoms with Crippen LogP contribution in [0.1, 0.15) is 23.5 Å². The molecule has 0 aliphatic heterocycles. The molecule has 2 atom stereocenters. The summed E-state index contributed by atoms with van der Waals surface area (Å²) in [5.41, 5.74) is 7.35. The van der Waals surface area contributed by atoms with Gasteiger partial charge in [0.1, 0.15) is 5.60 Å². The quantitative estimate of drug-likeness (QED) is 0.281. The maximum Gasteiger partial charge on any atom is 0.214 e. The molecule has 4 rings (SSSR count). The van der Waals surface area contributed by atoms with Crippen LogP contribution in [0.25, 0.3) is 11.1 Å². The molecule has 2 unspecified atom stereocenters. The molecule has 8 heteroatoms. The second kappa shape index (κ2) is 12.1. The highest BCUT2D eigenvalue weighted by molar-refractivity contribution is 6.31. The first-order chi connectivity index (χ1) is 18.7. The van der Waals surface area contributed by atoms with E-state index in [0.717, 1.165) is 11.1 Å². The minimum absolute atomic E-state index is 0.225. The van der Waals surface area contributed by atoms with E-state index in [-0.39, 0.29) is 12.3 Å². The van der Waals surface area contributed by atoms with Crippen molar-refractivity contribution in [3.05, 3.63) is 105 Å². The Morgan fingerprint density at radius 2 is 1.77 bits per heavy atom. The number of benzene rings is 2. The number of ether oxygens (including phenoxy) is 2. The number of pyridine rings is 1. The number of aromatic hydroxyl groups is 1. The van der Waals surface area contributed by atoms with Gasteiger partial charge in [-0.2, -0.15) is 0 Å². The average molecular weight is 565 g/mol. The van der Waals surface area contributed by atoms with E-state index in [4.69, 9.17) is 32.7 Å². The van der Waals surface area contributed by atoms with Gasteiger partial charge in [-0.3, -0.25) is 0 Å². The third-order valence-electron chi connectivity index (χ3n) is 6.71. The zero-order valence-corrected chi connectivity index (χ0v) is 23.7. The van der Waals surface area contributed by atoms with Gasteiger partial charge in [-0.25, -0.2) is 4.98 Å². The zero-order valence-electron chi connectivity index (χ0n) is 22.2. The number of allylic oxidation sites excluding steroid dienone is 2. The Morgan fingerprint density at radius 1 is 1.03 bits per heavy atom. The summed E-state index contributed by atoms with van der Waals surface area (Å²) in [7, 11) is 6.94. The number of methoxy groups -OCH3 is 2. The molecule has 1 aliphatic rings. The summed E-state index contributed by atoms with van der Waals surface area (Å²) in [6.07, 6.45) is 5.10. The molecular formula is C31H30Cl2N2O4. The van der Waals surface area contributed by atoms with Crippen molar-refractivity contribution < 1.29 is 19.7 Å². The summed E-state index contributed by atoms with van der Waals surface area (Å²) < 4.78 is 11.4. The smallest absolute Gasteiger partial charge is 0.214 e. The van der Waals surface area contributed by atoms with Crippen LogP contribution in [0.4, 0.5) is 0 Å². The van der Waals surface area contributed by atoms with Crippen molar-refractivity contribution in [2.75, 3.05) is 34.9 Å². The lowest BCUT2D eigenvalue weighted by Crippen LogP contribution is -2.41. The van der Waals surface area contributed by atoms with Gasteiger partial charge in [-0.1, -0.05) is 58.9 Å². The van der Waals surface area contributed by atoms with Gasteiger partial charge < -0.3 is 24.6 Å². The van der Waals surface area contributed by atoms with Gasteiger partial charge in [0, 0.05) is 51.1 Å². The molecule has 0 saturated carbocycles. The monoisotopic (exact) mass is 564 g/mol. The first-order valence-electron chi connectivity index (χ1n) is 12.3. The van der Waals surface area contributed by atoms with Crippen LogP contribution in [0.5, 0.6) is 17.4 Å². The van der Waals surface area contributed by atoms with Crippen LogP contribution in [0.2, 0.25) is 5.02 Å². The summed E-state index contributed by atoms with van der Waals surface area (Å²) in [6.45, 7) is 0.519. The normalized spacial score (nSPS) is 15.0. The SMILES string of the molecule is COc1cccc(C(c2cc(-c3ccc(Cl)cc3)cnc2O)C(O)(CCN(C)C)C2=C=C=CC(Cl)=C2)c1OC. The predicted molar refractivity (Wildman–Crippen MR) is 155 cm³/mol. The number of rotatable bonds is 10.